The minimum atomic E-state index is 0.143. The van der Waals surface area contributed by atoms with Crippen LogP contribution in [0.15, 0.2) is 24.3 Å². The number of nitrogens with one attached hydrogen (secondary N) is 1. The summed E-state index contributed by atoms with van der Waals surface area (Å²) in [5, 5.41) is 3.68. The van der Waals surface area contributed by atoms with Gasteiger partial charge in [0.15, 0.2) is 0 Å². The Kier molecular flexibility index (Phi) is 4.92. The third-order valence-electron chi connectivity index (χ3n) is 4.66. The summed E-state index contributed by atoms with van der Waals surface area (Å²) in [6.07, 6.45) is 5.67. The average Bonchev–Trinajstić information content (AvgIpc) is 2.43. The fourth-order valence-electron chi connectivity index (χ4n) is 3.01. The molecule has 1 fully saturated rings. The Morgan fingerprint density at radius 2 is 1.90 bits per heavy atom. The molecule has 1 atom stereocenters. The predicted octanol–water partition coefficient (Wildman–Crippen LogP) is 3.70. The number of hydrogen-bond acceptors (Lipinski definition) is 2. The largest absolute Gasteiger partial charge is 0.382 e. The van der Waals surface area contributed by atoms with Crippen LogP contribution in [-0.4, -0.2) is 30.9 Å². The maximum Gasteiger partial charge on any atom is 0.226 e. The van der Waals surface area contributed by atoms with Crippen molar-refractivity contribution in [2.75, 3.05) is 19.4 Å². The van der Waals surface area contributed by atoms with Crippen LogP contribution in [0.1, 0.15) is 45.1 Å². The molecule has 1 aromatic carbocycles. The van der Waals surface area contributed by atoms with Gasteiger partial charge in [-0.25, -0.2) is 0 Å². The van der Waals surface area contributed by atoms with Gasteiger partial charge in [0.1, 0.15) is 0 Å². The Labute approximate surface area is 128 Å². The molecule has 0 aromatic heterocycles. The zero-order chi connectivity index (χ0) is 15.5. The molecule has 1 amide bonds. The van der Waals surface area contributed by atoms with Gasteiger partial charge in [0.25, 0.3) is 0 Å². The van der Waals surface area contributed by atoms with E-state index in [2.05, 4.69) is 43.4 Å². The molecule has 0 heterocycles. The normalized spacial score (nSPS) is 20.9. The van der Waals surface area contributed by atoms with Crippen LogP contribution in [0.5, 0.6) is 0 Å². The lowest BCUT2D eigenvalue weighted by Gasteiger charge is -2.39. The van der Waals surface area contributed by atoms with E-state index in [1.807, 2.05) is 0 Å². The van der Waals surface area contributed by atoms with E-state index in [9.17, 15) is 4.79 Å². The molecule has 1 aromatic rings. The number of amides is 1. The SMILES string of the molecule is CN(C)C(=O)Cc1ccc(NC2CCCCC2(C)C)cc1. The first-order chi connectivity index (χ1) is 9.88. The number of carbonyl (C=O) groups is 1. The smallest absolute Gasteiger partial charge is 0.226 e. The Morgan fingerprint density at radius 3 is 2.48 bits per heavy atom. The van der Waals surface area contributed by atoms with Crippen LogP contribution in [0.2, 0.25) is 0 Å². The summed E-state index contributed by atoms with van der Waals surface area (Å²) in [5.74, 6) is 0.143. The number of anilines is 1. The monoisotopic (exact) mass is 288 g/mol. The van der Waals surface area contributed by atoms with Crippen molar-refractivity contribution >= 4 is 11.6 Å². The molecule has 0 bridgehead atoms. The third kappa shape index (κ3) is 4.23. The van der Waals surface area contributed by atoms with Gasteiger partial charge < -0.3 is 10.2 Å². The van der Waals surface area contributed by atoms with Gasteiger partial charge in [0.05, 0.1) is 6.42 Å². The zero-order valence-corrected chi connectivity index (χ0v) is 13.8. The van der Waals surface area contributed by atoms with E-state index in [0.717, 1.165) is 11.3 Å². The molecule has 116 valence electrons. The topological polar surface area (TPSA) is 32.3 Å². The fourth-order valence-corrected chi connectivity index (χ4v) is 3.01. The molecule has 3 nitrogen and oxygen atoms in total. The van der Waals surface area contributed by atoms with Crippen LogP contribution in [-0.2, 0) is 11.2 Å². The van der Waals surface area contributed by atoms with Crippen molar-refractivity contribution < 1.29 is 4.79 Å². The number of rotatable bonds is 4. The van der Waals surface area contributed by atoms with Gasteiger partial charge in [-0.3, -0.25) is 4.79 Å². The van der Waals surface area contributed by atoms with E-state index in [1.165, 1.54) is 25.7 Å². The summed E-state index contributed by atoms with van der Waals surface area (Å²) < 4.78 is 0. The van der Waals surface area contributed by atoms with E-state index in [1.54, 1.807) is 19.0 Å². The number of benzene rings is 1. The number of carbonyl (C=O) groups excluding carboxylic acids is 1. The van der Waals surface area contributed by atoms with Crippen molar-refractivity contribution in [3.63, 3.8) is 0 Å². The second kappa shape index (κ2) is 6.50. The first kappa shape index (κ1) is 15.9. The molecule has 2 rings (SSSR count). The van der Waals surface area contributed by atoms with Crippen LogP contribution in [0.25, 0.3) is 0 Å². The molecule has 1 aliphatic rings. The fraction of sp³-hybridized carbons (Fsp3) is 0.611. The van der Waals surface area contributed by atoms with Crippen molar-refractivity contribution in [1.82, 2.24) is 4.90 Å². The summed E-state index contributed by atoms with van der Waals surface area (Å²) in [6, 6.07) is 8.85. The predicted molar refractivity (Wildman–Crippen MR) is 88.5 cm³/mol. The van der Waals surface area contributed by atoms with Crippen molar-refractivity contribution in [2.45, 2.75) is 52.0 Å². The minimum absolute atomic E-state index is 0.143. The maximum atomic E-state index is 11.7. The van der Waals surface area contributed by atoms with Crippen LogP contribution < -0.4 is 5.32 Å². The highest BCUT2D eigenvalue weighted by atomic mass is 16.2. The Hall–Kier alpha value is -1.51. The second-order valence-electron chi connectivity index (χ2n) is 7.09. The standard InChI is InChI=1S/C18H28N2O/c1-18(2)12-6-5-7-16(18)19-15-10-8-14(9-11-15)13-17(21)20(3)4/h8-11,16,19H,5-7,12-13H2,1-4H3. The van der Waals surface area contributed by atoms with Gasteiger partial charge in [-0.05, 0) is 36.0 Å². The van der Waals surface area contributed by atoms with Crippen LogP contribution in [0, 0.1) is 5.41 Å². The first-order valence-electron chi connectivity index (χ1n) is 7.94. The van der Waals surface area contributed by atoms with Crippen molar-refractivity contribution in [3.8, 4) is 0 Å². The zero-order valence-electron chi connectivity index (χ0n) is 13.8. The second-order valence-corrected chi connectivity index (χ2v) is 7.09. The van der Waals surface area contributed by atoms with Crippen molar-refractivity contribution in [3.05, 3.63) is 29.8 Å². The van der Waals surface area contributed by atoms with Gasteiger partial charge in [-0.1, -0.05) is 38.8 Å². The lowest BCUT2D eigenvalue weighted by molar-refractivity contribution is -0.127. The number of likely N-dealkylation sites (N-methyl/N-ethyl adjacent to an activating group) is 1. The molecule has 1 N–H and O–H groups in total. The van der Waals surface area contributed by atoms with Gasteiger partial charge in [-0.2, -0.15) is 0 Å². The van der Waals surface area contributed by atoms with Crippen molar-refractivity contribution in [1.29, 1.82) is 0 Å². The third-order valence-corrected chi connectivity index (χ3v) is 4.66. The van der Waals surface area contributed by atoms with Crippen molar-refractivity contribution in [2.24, 2.45) is 5.41 Å². The van der Waals surface area contributed by atoms with Crippen LogP contribution in [0.3, 0.4) is 0 Å². The molecule has 21 heavy (non-hydrogen) atoms. The molecule has 0 saturated heterocycles. The van der Waals surface area contributed by atoms with E-state index in [4.69, 9.17) is 0 Å². The van der Waals surface area contributed by atoms with E-state index in [0.29, 0.717) is 17.9 Å². The maximum absolute atomic E-state index is 11.7. The Balaban J connectivity index is 1.97. The van der Waals surface area contributed by atoms with Gasteiger partial charge >= 0.3 is 0 Å². The summed E-state index contributed by atoms with van der Waals surface area (Å²) in [5.41, 5.74) is 2.59. The molecular weight excluding hydrogens is 260 g/mol. The highest BCUT2D eigenvalue weighted by Gasteiger charge is 2.31. The Bertz CT molecular complexity index is 476. The first-order valence-corrected chi connectivity index (χ1v) is 7.94. The molecule has 1 saturated carbocycles. The lowest BCUT2D eigenvalue weighted by atomic mass is 9.73. The van der Waals surface area contributed by atoms with E-state index in [-0.39, 0.29) is 5.91 Å². The van der Waals surface area contributed by atoms with E-state index < -0.39 is 0 Å². The highest BCUT2D eigenvalue weighted by molar-refractivity contribution is 5.78. The van der Waals surface area contributed by atoms with Crippen LogP contribution in [0.4, 0.5) is 5.69 Å². The molecule has 0 spiro atoms. The number of hydrogen-bond donors (Lipinski definition) is 1. The summed E-state index contributed by atoms with van der Waals surface area (Å²) in [7, 11) is 3.59. The minimum Gasteiger partial charge on any atom is -0.382 e. The molecule has 1 aliphatic carbocycles. The van der Waals surface area contributed by atoms with Gasteiger partial charge in [0, 0.05) is 25.8 Å². The Morgan fingerprint density at radius 1 is 1.24 bits per heavy atom. The van der Waals surface area contributed by atoms with Crippen LogP contribution >= 0.6 is 0 Å². The molecule has 0 aliphatic heterocycles. The molecule has 0 radical (unpaired) electrons. The van der Waals surface area contributed by atoms with Gasteiger partial charge in [0.2, 0.25) is 5.91 Å². The quantitative estimate of drug-likeness (QED) is 0.916. The summed E-state index contributed by atoms with van der Waals surface area (Å²) in [4.78, 5) is 13.3. The summed E-state index contributed by atoms with van der Waals surface area (Å²) >= 11 is 0. The lowest BCUT2D eigenvalue weighted by Crippen LogP contribution is -2.38. The molecule has 1 unspecified atom stereocenters. The summed E-state index contributed by atoms with van der Waals surface area (Å²) in [6.45, 7) is 4.71. The van der Waals surface area contributed by atoms with E-state index >= 15 is 0 Å². The molecular formula is C18H28N2O. The highest BCUT2D eigenvalue weighted by Crippen LogP contribution is 2.37. The van der Waals surface area contributed by atoms with Gasteiger partial charge in [-0.15, -0.1) is 0 Å². The molecule has 3 heteroatoms. The number of nitrogens with zero attached hydrogens (tertiary/aromatic N) is 1. The average molecular weight is 288 g/mol.